The highest BCUT2D eigenvalue weighted by Crippen LogP contribution is 2.14. The van der Waals surface area contributed by atoms with E-state index in [9.17, 15) is 4.79 Å². The third kappa shape index (κ3) is 2.87. The summed E-state index contributed by atoms with van der Waals surface area (Å²) in [5.41, 5.74) is 4.32. The van der Waals surface area contributed by atoms with Crippen LogP contribution >= 0.6 is 0 Å². The molecule has 0 spiro atoms. The lowest BCUT2D eigenvalue weighted by atomic mass is 10.1. The minimum absolute atomic E-state index is 0.100. The molecule has 0 fully saturated rings. The summed E-state index contributed by atoms with van der Waals surface area (Å²) in [6, 6.07) is 3.81. The van der Waals surface area contributed by atoms with Crippen molar-refractivity contribution < 1.29 is 4.79 Å². The van der Waals surface area contributed by atoms with Gasteiger partial charge in [0.2, 0.25) is 0 Å². The largest absolute Gasteiger partial charge is 0.344 e. The van der Waals surface area contributed by atoms with E-state index in [1.165, 1.54) is 0 Å². The Hall–Kier alpha value is -2.17. The van der Waals surface area contributed by atoms with Crippen molar-refractivity contribution in [2.24, 2.45) is 0 Å². The van der Waals surface area contributed by atoms with Crippen molar-refractivity contribution >= 4 is 5.91 Å². The number of amides is 1. The molecule has 2 aromatic heterocycles. The minimum Gasteiger partial charge on any atom is -0.344 e. The third-order valence-electron chi connectivity index (χ3n) is 3.46. The van der Waals surface area contributed by atoms with Crippen molar-refractivity contribution in [3.63, 3.8) is 0 Å². The van der Waals surface area contributed by atoms with Gasteiger partial charge >= 0.3 is 0 Å². The molecule has 0 aromatic carbocycles. The van der Waals surface area contributed by atoms with E-state index in [1.54, 1.807) is 6.20 Å². The Bertz CT molecular complexity index is 601. The zero-order valence-electron chi connectivity index (χ0n) is 12.3. The second-order valence-electron chi connectivity index (χ2n) is 4.96. The Labute approximate surface area is 118 Å². The van der Waals surface area contributed by atoms with Crippen LogP contribution < -0.4 is 5.32 Å². The first-order chi connectivity index (χ1) is 9.52. The van der Waals surface area contributed by atoms with Gasteiger partial charge in [0.15, 0.2) is 5.69 Å². The third-order valence-corrected chi connectivity index (χ3v) is 3.46. The number of pyridine rings is 1. The van der Waals surface area contributed by atoms with Crippen molar-refractivity contribution in [3.8, 4) is 0 Å². The second kappa shape index (κ2) is 5.86. The van der Waals surface area contributed by atoms with E-state index in [-0.39, 0.29) is 11.9 Å². The number of aryl methyl sites for hydroxylation is 2. The molecule has 0 aliphatic rings. The zero-order valence-corrected chi connectivity index (χ0v) is 12.3. The fourth-order valence-electron chi connectivity index (χ4n) is 2.08. The fraction of sp³-hybridized carbons (Fsp3) is 0.400. The van der Waals surface area contributed by atoms with Gasteiger partial charge in [-0.1, -0.05) is 13.0 Å². The molecule has 20 heavy (non-hydrogen) atoms. The maximum absolute atomic E-state index is 12.2. The summed E-state index contributed by atoms with van der Waals surface area (Å²) in [5.74, 6) is -0.161. The van der Waals surface area contributed by atoms with Crippen LogP contribution in [0.4, 0.5) is 0 Å². The molecule has 106 valence electrons. The van der Waals surface area contributed by atoms with Crippen LogP contribution in [0.25, 0.3) is 0 Å². The highest BCUT2D eigenvalue weighted by molar-refractivity contribution is 5.94. The summed E-state index contributed by atoms with van der Waals surface area (Å²) in [4.78, 5) is 16.5. The Morgan fingerprint density at radius 3 is 2.70 bits per heavy atom. The molecule has 0 radical (unpaired) electrons. The summed E-state index contributed by atoms with van der Waals surface area (Å²) in [7, 11) is 0. The average molecular weight is 272 g/mol. The van der Waals surface area contributed by atoms with E-state index >= 15 is 0 Å². The highest BCUT2D eigenvalue weighted by atomic mass is 16.2. The van der Waals surface area contributed by atoms with Crippen molar-refractivity contribution in [2.75, 3.05) is 0 Å². The van der Waals surface area contributed by atoms with E-state index in [0.717, 1.165) is 28.9 Å². The van der Waals surface area contributed by atoms with Crippen LogP contribution in [0.5, 0.6) is 0 Å². The number of hydrogen-bond acceptors (Lipinski definition) is 3. The number of carbonyl (C=O) groups is 1. The van der Waals surface area contributed by atoms with E-state index in [4.69, 9.17) is 0 Å². The van der Waals surface area contributed by atoms with Gasteiger partial charge in [-0.05, 0) is 38.8 Å². The standard InChI is InChI=1S/C15H20N4O/c1-5-13-10(3)14(19-18-13)15(20)17-11(4)12-7-6-9(2)16-8-12/h6-8,11H,5H2,1-4H3,(H,17,20)(H,18,19)/t11-/m1/s1. The molecule has 0 saturated heterocycles. The second-order valence-corrected chi connectivity index (χ2v) is 4.96. The topological polar surface area (TPSA) is 70.7 Å². The number of nitrogens with one attached hydrogen (secondary N) is 2. The Morgan fingerprint density at radius 1 is 1.40 bits per heavy atom. The molecule has 5 heteroatoms. The van der Waals surface area contributed by atoms with Gasteiger partial charge in [0, 0.05) is 23.1 Å². The van der Waals surface area contributed by atoms with Gasteiger partial charge in [0.05, 0.1) is 6.04 Å². The van der Waals surface area contributed by atoms with Gasteiger partial charge in [0.25, 0.3) is 5.91 Å². The molecule has 2 N–H and O–H groups in total. The summed E-state index contributed by atoms with van der Waals surface area (Å²) >= 11 is 0. The molecule has 2 rings (SSSR count). The first-order valence-electron chi connectivity index (χ1n) is 6.80. The summed E-state index contributed by atoms with van der Waals surface area (Å²) in [6.07, 6.45) is 2.62. The van der Waals surface area contributed by atoms with Crippen molar-refractivity contribution in [2.45, 2.75) is 40.2 Å². The molecule has 0 bridgehead atoms. The van der Waals surface area contributed by atoms with E-state index < -0.39 is 0 Å². The minimum atomic E-state index is -0.161. The Balaban J connectivity index is 2.10. The number of carbonyl (C=O) groups excluding carboxylic acids is 1. The maximum Gasteiger partial charge on any atom is 0.272 e. The monoisotopic (exact) mass is 272 g/mol. The van der Waals surface area contributed by atoms with Crippen molar-refractivity contribution in [3.05, 3.63) is 46.5 Å². The van der Waals surface area contributed by atoms with E-state index in [2.05, 4.69) is 20.5 Å². The molecule has 0 saturated carbocycles. The van der Waals surface area contributed by atoms with Gasteiger partial charge in [-0.2, -0.15) is 5.10 Å². The van der Waals surface area contributed by atoms with Gasteiger partial charge in [-0.15, -0.1) is 0 Å². The maximum atomic E-state index is 12.2. The quantitative estimate of drug-likeness (QED) is 0.898. The summed E-state index contributed by atoms with van der Waals surface area (Å²) in [5, 5.41) is 9.95. The van der Waals surface area contributed by atoms with Gasteiger partial charge in [0.1, 0.15) is 0 Å². The summed E-state index contributed by atoms with van der Waals surface area (Å²) < 4.78 is 0. The average Bonchev–Trinajstić information content (AvgIpc) is 2.80. The zero-order chi connectivity index (χ0) is 14.7. The van der Waals surface area contributed by atoms with Crippen LogP contribution in [-0.4, -0.2) is 21.1 Å². The van der Waals surface area contributed by atoms with Crippen LogP contribution in [0, 0.1) is 13.8 Å². The predicted molar refractivity (Wildman–Crippen MR) is 77.6 cm³/mol. The molecule has 0 unspecified atom stereocenters. The molecule has 1 amide bonds. The van der Waals surface area contributed by atoms with Gasteiger partial charge in [-0.25, -0.2) is 0 Å². The van der Waals surface area contributed by atoms with Crippen LogP contribution in [0.2, 0.25) is 0 Å². The van der Waals surface area contributed by atoms with Crippen LogP contribution in [0.3, 0.4) is 0 Å². The van der Waals surface area contributed by atoms with E-state index in [1.807, 2.05) is 39.8 Å². The molecular weight excluding hydrogens is 252 g/mol. The van der Waals surface area contributed by atoms with Crippen LogP contribution in [0.15, 0.2) is 18.3 Å². The van der Waals surface area contributed by atoms with Crippen molar-refractivity contribution in [1.29, 1.82) is 0 Å². The molecule has 2 heterocycles. The number of rotatable bonds is 4. The Kier molecular flexibility index (Phi) is 4.17. The first-order valence-corrected chi connectivity index (χ1v) is 6.80. The Morgan fingerprint density at radius 2 is 2.15 bits per heavy atom. The molecular formula is C15H20N4O. The van der Waals surface area contributed by atoms with E-state index in [0.29, 0.717) is 5.69 Å². The smallest absolute Gasteiger partial charge is 0.272 e. The molecule has 0 aliphatic carbocycles. The molecule has 1 atom stereocenters. The molecule has 2 aromatic rings. The number of aromatic amines is 1. The van der Waals surface area contributed by atoms with Crippen LogP contribution in [-0.2, 0) is 6.42 Å². The number of hydrogen-bond donors (Lipinski definition) is 2. The van der Waals surface area contributed by atoms with Gasteiger partial charge < -0.3 is 5.32 Å². The molecule has 5 nitrogen and oxygen atoms in total. The normalized spacial score (nSPS) is 12.2. The fourth-order valence-corrected chi connectivity index (χ4v) is 2.08. The summed E-state index contributed by atoms with van der Waals surface area (Å²) in [6.45, 7) is 7.82. The number of aromatic nitrogens is 3. The first kappa shape index (κ1) is 14.2. The lowest BCUT2D eigenvalue weighted by Crippen LogP contribution is -2.27. The SMILES string of the molecule is CCc1[nH]nc(C(=O)N[C@H](C)c2ccc(C)nc2)c1C. The highest BCUT2D eigenvalue weighted by Gasteiger charge is 2.17. The predicted octanol–water partition coefficient (Wildman–Crippen LogP) is 2.47. The number of nitrogens with zero attached hydrogens (tertiary/aromatic N) is 2. The lowest BCUT2D eigenvalue weighted by molar-refractivity contribution is 0.0934. The van der Waals surface area contributed by atoms with Gasteiger partial charge in [-0.3, -0.25) is 14.9 Å². The lowest BCUT2D eigenvalue weighted by Gasteiger charge is -2.13. The molecule has 0 aliphatic heterocycles. The van der Waals surface area contributed by atoms with Crippen LogP contribution in [0.1, 0.15) is 52.9 Å². The van der Waals surface area contributed by atoms with Crippen molar-refractivity contribution in [1.82, 2.24) is 20.5 Å². The number of H-pyrrole nitrogens is 1.